The first kappa shape index (κ1) is 22.7. The molecule has 1 aromatic carbocycles. The number of pyridine rings is 1. The molecule has 3 heterocycles. The second kappa shape index (κ2) is 10.0. The molecule has 4 rings (SSSR count). The Labute approximate surface area is 191 Å². The molecule has 1 aromatic heterocycles. The molecule has 32 heavy (non-hydrogen) atoms. The van der Waals surface area contributed by atoms with Crippen molar-refractivity contribution in [2.24, 2.45) is 0 Å². The number of aromatic nitrogens is 1. The minimum absolute atomic E-state index is 0.0314. The van der Waals surface area contributed by atoms with E-state index in [4.69, 9.17) is 9.47 Å². The van der Waals surface area contributed by atoms with Gasteiger partial charge in [0, 0.05) is 44.8 Å². The van der Waals surface area contributed by atoms with Crippen LogP contribution in [-0.2, 0) is 9.47 Å². The number of hydrogen-bond donors (Lipinski definition) is 1. The van der Waals surface area contributed by atoms with Crippen LogP contribution in [0.3, 0.4) is 0 Å². The number of rotatable bonds is 6. The minimum Gasteiger partial charge on any atom is -0.378 e. The van der Waals surface area contributed by atoms with E-state index in [1.165, 1.54) is 5.56 Å². The largest absolute Gasteiger partial charge is 0.378 e. The molecule has 1 spiro atoms. The Morgan fingerprint density at radius 2 is 1.97 bits per heavy atom. The van der Waals surface area contributed by atoms with Gasteiger partial charge in [0.05, 0.1) is 23.4 Å². The van der Waals surface area contributed by atoms with Crippen LogP contribution in [0.2, 0.25) is 0 Å². The van der Waals surface area contributed by atoms with E-state index in [0.29, 0.717) is 31.1 Å². The highest BCUT2D eigenvalue weighted by Gasteiger charge is 2.45. The lowest BCUT2D eigenvalue weighted by atomic mass is 9.80. The van der Waals surface area contributed by atoms with Crippen molar-refractivity contribution >= 4 is 11.7 Å². The maximum absolute atomic E-state index is 13.3. The molecule has 0 saturated carbocycles. The van der Waals surface area contributed by atoms with Gasteiger partial charge in [-0.1, -0.05) is 30.3 Å². The van der Waals surface area contributed by atoms with Gasteiger partial charge in [-0.05, 0) is 51.3 Å². The predicted octanol–water partition coefficient (Wildman–Crippen LogP) is 4.83. The smallest absolute Gasteiger partial charge is 0.257 e. The molecule has 2 aliphatic heterocycles. The summed E-state index contributed by atoms with van der Waals surface area (Å²) in [4.78, 5) is 19.6. The number of piperidine rings is 1. The van der Waals surface area contributed by atoms with E-state index in [2.05, 4.69) is 41.5 Å². The van der Waals surface area contributed by atoms with Crippen LogP contribution in [0, 0.1) is 0 Å². The summed E-state index contributed by atoms with van der Waals surface area (Å²) in [5.41, 5.74) is 1.59. The van der Waals surface area contributed by atoms with Gasteiger partial charge in [0.2, 0.25) is 0 Å². The van der Waals surface area contributed by atoms with Crippen molar-refractivity contribution in [3.8, 4) is 0 Å². The maximum Gasteiger partial charge on any atom is 0.257 e. The van der Waals surface area contributed by atoms with Crippen molar-refractivity contribution in [3.63, 3.8) is 0 Å². The second-order valence-electron chi connectivity index (χ2n) is 9.21. The number of hydrogen-bond acceptors (Lipinski definition) is 5. The van der Waals surface area contributed by atoms with E-state index in [-0.39, 0.29) is 29.8 Å². The van der Waals surface area contributed by atoms with Crippen molar-refractivity contribution in [2.75, 3.05) is 25.0 Å². The molecule has 2 aliphatic rings. The maximum atomic E-state index is 13.3. The molecule has 1 N–H and O–H groups in total. The number of carbonyl (C=O) groups is 1. The van der Waals surface area contributed by atoms with Crippen LogP contribution in [0.1, 0.15) is 68.5 Å². The number of likely N-dealkylation sites (tertiary alicyclic amines) is 1. The van der Waals surface area contributed by atoms with Crippen molar-refractivity contribution in [1.82, 2.24) is 9.88 Å². The van der Waals surface area contributed by atoms with Crippen LogP contribution in [0.25, 0.3) is 0 Å². The summed E-state index contributed by atoms with van der Waals surface area (Å²) in [6.45, 7) is 8.21. The van der Waals surface area contributed by atoms with Crippen LogP contribution in [0.4, 0.5) is 5.82 Å². The zero-order chi connectivity index (χ0) is 22.6. The summed E-state index contributed by atoms with van der Waals surface area (Å²) in [5.74, 6) is 0.690. The van der Waals surface area contributed by atoms with E-state index >= 15 is 0 Å². The van der Waals surface area contributed by atoms with Gasteiger partial charge in [-0.3, -0.25) is 4.79 Å². The number of amides is 1. The predicted molar refractivity (Wildman–Crippen MR) is 126 cm³/mol. The van der Waals surface area contributed by atoms with Crippen LogP contribution in [0.15, 0.2) is 48.7 Å². The number of anilines is 1. The Bertz CT molecular complexity index is 894. The van der Waals surface area contributed by atoms with Gasteiger partial charge in [-0.25, -0.2) is 4.98 Å². The van der Waals surface area contributed by atoms with Crippen LogP contribution in [0.5, 0.6) is 0 Å². The zero-order valence-electron chi connectivity index (χ0n) is 19.4. The van der Waals surface area contributed by atoms with E-state index in [1.54, 1.807) is 6.20 Å². The summed E-state index contributed by atoms with van der Waals surface area (Å²) in [7, 11) is 0. The minimum atomic E-state index is -0.247. The fourth-order valence-corrected chi connectivity index (χ4v) is 4.95. The third-order valence-electron chi connectivity index (χ3n) is 6.47. The number of ether oxygens (including phenoxy) is 2. The standard InChI is InChI=1S/C26H35N3O3/c1-4-31-21-17-23(20-9-6-5-7-10-20)32-26(18-21)12-15-29(16-13-26)25(30)22-11-8-14-27-24(22)28-19(2)3/h5-11,14,19,21,23H,4,12-13,15-18H2,1-3H3,(H,27,28). The van der Waals surface area contributed by atoms with Gasteiger partial charge in [0.15, 0.2) is 0 Å². The van der Waals surface area contributed by atoms with E-state index in [1.807, 2.05) is 36.9 Å². The molecule has 2 atom stereocenters. The topological polar surface area (TPSA) is 63.7 Å². The molecule has 2 fully saturated rings. The molecule has 0 aliphatic carbocycles. The first-order valence-corrected chi connectivity index (χ1v) is 11.8. The third-order valence-corrected chi connectivity index (χ3v) is 6.47. The average Bonchev–Trinajstić information content (AvgIpc) is 2.80. The fraction of sp³-hybridized carbons (Fsp3) is 0.538. The summed E-state index contributed by atoms with van der Waals surface area (Å²) in [5, 5.41) is 3.29. The van der Waals surface area contributed by atoms with E-state index in [0.717, 1.165) is 25.7 Å². The average molecular weight is 438 g/mol. The van der Waals surface area contributed by atoms with Gasteiger partial charge in [-0.2, -0.15) is 0 Å². The fourth-order valence-electron chi connectivity index (χ4n) is 4.95. The molecule has 6 heteroatoms. The summed E-state index contributed by atoms with van der Waals surface area (Å²) in [6.07, 6.45) is 5.34. The van der Waals surface area contributed by atoms with Crippen molar-refractivity contribution in [3.05, 3.63) is 59.8 Å². The molecule has 2 aromatic rings. The first-order valence-electron chi connectivity index (χ1n) is 11.8. The summed E-state index contributed by atoms with van der Waals surface area (Å²) >= 11 is 0. The first-order chi connectivity index (χ1) is 15.5. The highest BCUT2D eigenvalue weighted by molar-refractivity contribution is 5.98. The van der Waals surface area contributed by atoms with Gasteiger partial charge >= 0.3 is 0 Å². The lowest BCUT2D eigenvalue weighted by molar-refractivity contribution is -0.190. The molecule has 1 amide bonds. The SMILES string of the molecule is CCOC1CC(c2ccccc2)OC2(CCN(C(=O)c3cccnc3NC(C)C)CC2)C1. The lowest BCUT2D eigenvalue weighted by Gasteiger charge is -2.48. The molecule has 6 nitrogen and oxygen atoms in total. The van der Waals surface area contributed by atoms with Gasteiger partial charge in [0.1, 0.15) is 5.82 Å². The zero-order valence-corrected chi connectivity index (χ0v) is 19.4. The van der Waals surface area contributed by atoms with Crippen molar-refractivity contribution < 1.29 is 14.3 Å². The molecule has 0 radical (unpaired) electrons. The molecule has 2 saturated heterocycles. The van der Waals surface area contributed by atoms with Gasteiger partial charge < -0.3 is 19.7 Å². The van der Waals surface area contributed by atoms with Crippen LogP contribution < -0.4 is 5.32 Å². The highest BCUT2D eigenvalue weighted by atomic mass is 16.5. The Morgan fingerprint density at radius 3 is 2.66 bits per heavy atom. The Balaban J connectivity index is 1.47. The molecule has 0 bridgehead atoms. The van der Waals surface area contributed by atoms with Crippen LogP contribution in [-0.4, -0.2) is 53.2 Å². The summed E-state index contributed by atoms with van der Waals surface area (Å²) in [6, 6.07) is 14.3. The molecular weight excluding hydrogens is 402 g/mol. The van der Waals surface area contributed by atoms with Gasteiger partial charge in [0.25, 0.3) is 5.91 Å². The van der Waals surface area contributed by atoms with Crippen molar-refractivity contribution in [1.29, 1.82) is 0 Å². The Hall–Kier alpha value is -2.44. The number of carbonyl (C=O) groups excluding carboxylic acids is 1. The second-order valence-corrected chi connectivity index (χ2v) is 9.21. The molecular formula is C26H35N3O3. The quantitative estimate of drug-likeness (QED) is 0.701. The van der Waals surface area contributed by atoms with Crippen LogP contribution >= 0.6 is 0 Å². The highest BCUT2D eigenvalue weighted by Crippen LogP contribution is 2.44. The molecule has 172 valence electrons. The van der Waals surface area contributed by atoms with Crippen molar-refractivity contribution in [2.45, 2.75) is 70.3 Å². The summed E-state index contributed by atoms with van der Waals surface area (Å²) < 4.78 is 12.8. The lowest BCUT2D eigenvalue weighted by Crippen LogP contribution is -2.52. The number of nitrogens with one attached hydrogen (secondary N) is 1. The monoisotopic (exact) mass is 437 g/mol. The normalized spacial score (nSPS) is 22.8. The third kappa shape index (κ3) is 5.13. The van der Waals surface area contributed by atoms with Gasteiger partial charge in [-0.15, -0.1) is 0 Å². The Morgan fingerprint density at radius 1 is 1.22 bits per heavy atom. The molecule has 2 unspecified atom stereocenters. The Kier molecular flexibility index (Phi) is 7.11. The van der Waals surface area contributed by atoms with E-state index < -0.39 is 0 Å². The van der Waals surface area contributed by atoms with E-state index in [9.17, 15) is 4.79 Å². The number of nitrogens with zero attached hydrogens (tertiary/aromatic N) is 2. The number of benzene rings is 1.